The second-order valence-corrected chi connectivity index (χ2v) is 5.63. The molecule has 1 N–H and O–H groups in total. The predicted molar refractivity (Wildman–Crippen MR) is 86.6 cm³/mol. The lowest BCUT2D eigenvalue weighted by molar-refractivity contribution is 0.350. The van der Waals surface area contributed by atoms with Crippen molar-refractivity contribution >= 4 is 11.8 Å². The van der Waals surface area contributed by atoms with Gasteiger partial charge in [-0.2, -0.15) is 11.8 Å². The summed E-state index contributed by atoms with van der Waals surface area (Å²) in [5.74, 6) is 7.62. The van der Waals surface area contributed by atoms with Gasteiger partial charge in [-0.05, 0) is 30.2 Å². The van der Waals surface area contributed by atoms with E-state index in [2.05, 4.69) is 55.2 Å². The lowest BCUT2D eigenvalue weighted by Gasteiger charge is -2.04. The number of hydrogen-bond acceptors (Lipinski definition) is 2. The molecule has 0 aliphatic carbocycles. The van der Waals surface area contributed by atoms with Gasteiger partial charge in [0.15, 0.2) is 0 Å². The molecule has 0 aliphatic rings. The van der Waals surface area contributed by atoms with E-state index in [1.807, 2.05) is 23.9 Å². The highest BCUT2D eigenvalue weighted by Gasteiger charge is 1.97. The minimum atomic E-state index is -0.0909. The van der Waals surface area contributed by atoms with Crippen molar-refractivity contribution in [2.75, 3.05) is 6.61 Å². The summed E-state index contributed by atoms with van der Waals surface area (Å²) < 4.78 is 0. The Morgan fingerprint density at radius 1 is 1.00 bits per heavy atom. The quantitative estimate of drug-likeness (QED) is 0.861. The van der Waals surface area contributed by atoms with Crippen LogP contribution < -0.4 is 0 Å². The van der Waals surface area contributed by atoms with Gasteiger partial charge in [0, 0.05) is 17.1 Å². The molecule has 0 aliphatic heterocycles. The summed E-state index contributed by atoms with van der Waals surface area (Å²) in [5, 5.41) is 8.71. The van der Waals surface area contributed by atoms with Gasteiger partial charge in [0.1, 0.15) is 6.61 Å². The van der Waals surface area contributed by atoms with Crippen LogP contribution in [0.5, 0.6) is 0 Å². The second-order valence-electron chi connectivity index (χ2n) is 4.64. The Morgan fingerprint density at radius 2 is 1.70 bits per heavy atom. The van der Waals surface area contributed by atoms with Crippen LogP contribution in [-0.2, 0) is 11.5 Å². The first kappa shape index (κ1) is 14.7. The van der Waals surface area contributed by atoms with Gasteiger partial charge < -0.3 is 5.11 Å². The Bertz CT molecular complexity index is 623. The first-order valence-corrected chi connectivity index (χ1v) is 7.75. The summed E-state index contributed by atoms with van der Waals surface area (Å²) in [5.41, 5.74) is 4.91. The molecule has 0 aromatic heterocycles. The van der Waals surface area contributed by atoms with Crippen molar-refractivity contribution in [3.8, 4) is 11.8 Å². The molecule has 0 amide bonds. The van der Waals surface area contributed by atoms with Crippen LogP contribution in [0, 0.1) is 18.8 Å². The van der Waals surface area contributed by atoms with Gasteiger partial charge in [0.2, 0.25) is 0 Å². The maximum absolute atomic E-state index is 8.71. The highest BCUT2D eigenvalue weighted by Crippen LogP contribution is 2.19. The molecule has 0 saturated heterocycles. The fourth-order valence-electron chi connectivity index (χ4n) is 1.97. The zero-order valence-electron chi connectivity index (χ0n) is 11.6. The van der Waals surface area contributed by atoms with Gasteiger partial charge in [-0.1, -0.05) is 53.8 Å². The molecule has 0 heterocycles. The number of hydrogen-bond donors (Lipinski definition) is 1. The van der Waals surface area contributed by atoms with Crippen molar-refractivity contribution in [1.29, 1.82) is 0 Å². The molecule has 0 unspecified atom stereocenters. The van der Waals surface area contributed by atoms with Gasteiger partial charge in [-0.25, -0.2) is 0 Å². The van der Waals surface area contributed by atoms with Crippen molar-refractivity contribution in [2.45, 2.75) is 18.4 Å². The molecule has 102 valence electrons. The van der Waals surface area contributed by atoms with Gasteiger partial charge in [-0.15, -0.1) is 0 Å². The van der Waals surface area contributed by atoms with E-state index < -0.39 is 0 Å². The molecule has 2 heteroatoms. The number of aryl methyl sites for hydroxylation is 1. The minimum Gasteiger partial charge on any atom is -0.384 e. The Labute approximate surface area is 125 Å². The fourth-order valence-corrected chi connectivity index (χ4v) is 2.90. The molecule has 2 aromatic rings. The number of benzene rings is 2. The molecule has 0 saturated carbocycles. The van der Waals surface area contributed by atoms with Gasteiger partial charge in [0.05, 0.1) is 0 Å². The van der Waals surface area contributed by atoms with Crippen LogP contribution in [0.4, 0.5) is 0 Å². The van der Waals surface area contributed by atoms with E-state index >= 15 is 0 Å². The van der Waals surface area contributed by atoms with E-state index in [9.17, 15) is 0 Å². The first-order chi connectivity index (χ1) is 9.78. The van der Waals surface area contributed by atoms with Crippen LogP contribution in [0.3, 0.4) is 0 Å². The van der Waals surface area contributed by atoms with Crippen LogP contribution in [-0.4, -0.2) is 11.7 Å². The number of thioether (sulfide) groups is 1. The van der Waals surface area contributed by atoms with Crippen molar-refractivity contribution < 1.29 is 5.11 Å². The molecular formula is C18H18OS. The van der Waals surface area contributed by atoms with Gasteiger partial charge >= 0.3 is 0 Å². The van der Waals surface area contributed by atoms with Crippen LogP contribution in [0.15, 0.2) is 48.5 Å². The zero-order valence-corrected chi connectivity index (χ0v) is 12.4. The lowest BCUT2D eigenvalue weighted by atomic mass is 10.1. The highest BCUT2D eigenvalue weighted by atomic mass is 32.2. The SMILES string of the molecule is Cc1cccc(CSCc2cccc(C#CCO)c2)c1. The molecule has 0 spiro atoms. The van der Waals surface area contributed by atoms with Crippen molar-refractivity contribution in [2.24, 2.45) is 0 Å². The normalized spacial score (nSPS) is 9.90. The van der Waals surface area contributed by atoms with E-state index in [0.29, 0.717) is 0 Å². The molecule has 0 radical (unpaired) electrons. The first-order valence-electron chi connectivity index (χ1n) is 6.60. The maximum Gasteiger partial charge on any atom is 0.104 e. The standard InChI is InChI=1S/C18H18OS/c1-15-5-2-7-17(11-15)13-20-14-18-8-3-6-16(12-18)9-4-10-19/h2-3,5-8,11-12,19H,10,13-14H2,1H3. The highest BCUT2D eigenvalue weighted by molar-refractivity contribution is 7.97. The average molecular weight is 282 g/mol. The van der Waals surface area contributed by atoms with E-state index in [0.717, 1.165) is 17.1 Å². The van der Waals surface area contributed by atoms with Crippen LogP contribution in [0.2, 0.25) is 0 Å². The molecule has 20 heavy (non-hydrogen) atoms. The second kappa shape index (κ2) is 7.79. The third kappa shape index (κ3) is 4.77. The van der Waals surface area contributed by atoms with Crippen LogP contribution >= 0.6 is 11.8 Å². The average Bonchev–Trinajstić information content (AvgIpc) is 2.46. The van der Waals surface area contributed by atoms with E-state index in [4.69, 9.17) is 5.11 Å². The number of aliphatic hydroxyl groups excluding tert-OH is 1. The largest absolute Gasteiger partial charge is 0.384 e. The van der Waals surface area contributed by atoms with E-state index in [1.165, 1.54) is 16.7 Å². The summed E-state index contributed by atoms with van der Waals surface area (Å²) in [4.78, 5) is 0. The summed E-state index contributed by atoms with van der Waals surface area (Å²) in [6.07, 6.45) is 0. The number of rotatable bonds is 4. The van der Waals surface area contributed by atoms with Crippen molar-refractivity contribution in [3.63, 3.8) is 0 Å². The Kier molecular flexibility index (Phi) is 5.73. The Morgan fingerprint density at radius 3 is 2.40 bits per heavy atom. The topological polar surface area (TPSA) is 20.2 Å². The third-order valence-electron chi connectivity index (χ3n) is 2.86. The molecule has 0 bridgehead atoms. The zero-order chi connectivity index (χ0) is 14.2. The molecule has 1 nitrogen and oxygen atoms in total. The summed E-state index contributed by atoms with van der Waals surface area (Å²) in [6.45, 7) is 2.03. The van der Waals surface area contributed by atoms with Crippen LogP contribution in [0.25, 0.3) is 0 Å². The monoisotopic (exact) mass is 282 g/mol. The number of aliphatic hydroxyl groups is 1. The van der Waals surface area contributed by atoms with Gasteiger partial charge in [-0.3, -0.25) is 0 Å². The molecule has 0 atom stereocenters. The molecule has 2 rings (SSSR count). The van der Waals surface area contributed by atoms with Gasteiger partial charge in [0.25, 0.3) is 0 Å². The molecule has 2 aromatic carbocycles. The molecule has 0 fully saturated rings. The van der Waals surface area contributed by atoms with Crippen molar-refractivity contribution in [1.82, 2.24) is 0 Å². The lowest BCUT2D eigenvalue weighted by Crippen LogP contribution is -1.86. The fraction of sp³-hybridized carbons (Fsp3) is 0.222. The Hall–Kier alpha value is -1.69. The maximum atomic E-state index is 8.71. The van der Waals surface area contributed by atoms with Crippen LogP contribution in [0.1, 0.15) is 22.3 Å². The summed E-state index contributed by atoms with van der Waals surface area (Å²) >= 11 is 1.90. The predicted octanol–water partition coefficient (Wildman–Crippen LogP) is 3.77. The van der Waals surface area contributed by atoms with E-state index in [1.54, 1.807) is 0 Å². The van der Waals surface area contributed by atoms with E-state index in [-0.39, 0.29) is 6.61 Å². The smallest absolute Gasteiger partial charge is 0.104 e. The minimum absolute atomic E-state index is 0.0909. The molecular weight excluding hydrogens is 264 g/mol. The van der Waals surface area contributed by atoms with Crippen molar-refractivity contribution in [3.05, 3.63) is 70.8 Å². The summed E-state index contributed by atoms with van der Waals surface area (Å²) in [7, 11) is 0. The third-order valence-corrected chi connectivity index (χ3v) is 3.93. The Balaban J connectivity index is 1.91. The summed E-state index contributed by atoms with van der Waals surface area (Å²) in [6, 6.07) is 16.8.